The SMILES string of the molecule is Cc1ccc(=O)n(CCN2CCN(C3CCCC3)CC2)n1. The van der Waals surface area contributed by atoms with Crippen molar-refractivity contribution in [2.75, 3.05) is 32.7 Å². The van der Waals surface area contributed by atoms with Crippen LogP contribution in [-0.2, 0) is 6.54 Å². The highest BCUT2D eigenvalue weighted by Gasteiger charge is 2.25. The van der Waals surface area contributed by atoms with Crippen molar-refractivity contribution in [3.05, 3.63) is 28.2 Å². The van der Waals surface area contributed by atoms with E-state index >= 15 is 0 Å². The molecule has 1 saturated carbocycles. The lowest BCUT2D eigenvalue weighted by Crippen LogP contribution is -2.50. The summed E-state index contributed by atoms with van der Waals surface area (Å²) >= 11 is 0. The second-order valence-electron chi connectivity index (χ2n) is 6.35. The highest BCUT2D eigenvalue weighted by atomic mass is 16.1. The largest absolute Gasteiger partial charge is 0.299 e. The molecule has 0 atom stereocenters. The van der Waals surface area contributed by atoms with Gasteiger partial charge in [-0.05, 0) is 25.8 Å². The van der Waals surface area contributed by atoms with Crippen LogP contribution in [0.5, 0.6) is 0 Å². The van der Waals surface area contributed by atoms with Crippen LogP contribution in [0.3, 0.4) is 0 Å². The normalized spacial score (nSPS) is 22.0. The Kier molecular flexibility index (Phi) is 4.70. The first kappa shape index (κ1) is 14.7. The van der Waals surface area contributed by atoms with E-state index in [1.807, 2.05) is 6.92 Å². The van der Waals surface area contributed by atoms with Gasteiger partial charge in [-0.1, -0.05) is 12.8 Å². The minimum Gasteiger partial charge on any atom is -0.299 e. The van der Waals surface area contributed by atoms with Gasteiger partial charge in [0.2, 0.25) is 0 Å². The molecule has 2 fully saturated rings. The Hall–Kier alpha value is -1.20. The van der Waals surface area contributed by atoms with Gasteiger partial charge in [0.15, 0.2) is 0 Å². The van der Waals surface area contributed by atoms with Crippen LogP contribution < -0.4 is 5.56 Å². The Balaban J connectivity index is 1.47. The van der Waals surface area contributed by atoms with Crippen molar-refractivity contribution in [1.29, 1.82) is 0 Å². The predicted molar refractivity (Wildman–Crippen MR) is 83.5 cm³/mol. The van der Waals surface area contributed by atoms with E-state index in [0.717, 1.165) is 31.4 Å². The Morgan fingerprint density at radius 1 is 1.10 bits per heavy atom. The van der Waals surface area contributed by atoms with Crippen molar-refractivity contribution in [2.45, 2.75) is 45.2 Å². The third kappa shape index (κ3) is 3.71. The maximum absolute atomic E-state index is 11.7. The molecular weight excluding hydrogens is 264 g/mol. The van der Waals surface area contributed by atoms with Gasteiger partial charge in [-0.3, -0.25) is 14.6 Å². The molecule has 0 bridgehead atoms. The maximum atomic E-state index is 11.7. The van der Waals surface area contributed by atoms with Crippen LogP contribution in [0.25, 0.3) is 0 Å². The van der Waals surface area contributed by atoms with Crippen LogP contribution in [0.1, 0.15) is 31.4 Å². The molecule has 2 heterocycles. The van der Waals surface area contributed by atoms with E-state index in [9.17, 15) is 4.79 Å². The first-order valence-corrected chi connectivity index (χ1v) is 8.23. The molecule has 2 aliphatic rings. The Morgan fingerprint density at radius 2 is 1.81 bits per heavy atom. The molecule has 0 amide bonds. The zero-order chi connectivity index (χ0) is 14.7. The number of aromatic nitrogens is 2. The molecule has 0 aromatic carbocycles. The van der Waals surface area contributed by atoms with Gasteiger partial charge >= 0.3 is 0 Å². The highest BCUT2D eigenvalue weighted by molar-refractivity contribution is 4.97. The lowest BCUT2D eigenvalue weighted by Gasteiger charge is -2.38. The highest BCUT2D eigenvalue weighted by Crippen LogP contribution is 2.24. The molecule has 1 saturated heterocycles. The molecular formula is C16H26N4O. The van der Waals surface area contributed by atoms with Crippen LogP contribution in [0.4, 0.5) is 0 Å². The maximum Gasteiger partial charge on any atom is 0.266 e. The van der Waals surface area contributed by atoms with Crippen LogP contribution in [0.2, 0.25) is 0 Å². The summed E-state index contributed by atoms with van der Waals surface area (Å²) in [6, 6.07) is 4.23. The minimum absolute atomic E-state index is 0.00481. The second-order valence-corrected chi connectivity index (χ2v) is 6.35. The average Bonchev–Trinajstić information content (AvgIpc) is 3.03. The van der Waals surface area contributed by atoms with Crippen LogP contribution in [-0.4, -0.2) is 58.3 Å². The number of aryl methyl sites for hydroxylation is 1. The lowest BCUT2D eigenvalue weighted by atomic mass is 10.2. The van der Waals surface area contributed by atoms with Crippen LogP contribution >= 0.6 is 0 Å². The molecule has 21 heavy (non-hydrogen) atoms. The summed E-state index contributed by atoms with van der Waals surface area (Å²) in [5.41, 5.74) is 0.908. The van der Waals surface area contributed by atoms with E-state index in [2.05, 4.69) is 14.9 Å². The zero-order valence-electron chi connectivity index (χ0n) is 13.0. The first-order chi connectivity index (χ1) is 10.2. The Morgan fingerprint density at radius 3 is 2.52 bits per heavy atom. The quantitative estimate of drug-likeness (QED) is 0.833. The van der Waals surface area contributed by atoms with Gasteiger partial charge in [0.05, 0.1) is 12.2 Å². The first-order valence-electron chi connectivity index (χ1n) is 8.23. The summed E-state index contributed by atoms with van der Waals surface area (Å²) in [7, 11) is 0. The van der Waals surface area contributed by atoms with Gasteiger partial charge in [0, 0.05) is 44.8 Å². The van der Waals surface area contributed by atoms with E-state index in [1.54, 1.807) is 16.8 Å². The number of nitrogens with zero attached hydrogens (tertiary/aromatic N) is 4. The molecule has 116 valence electrons. The van der Waals surface area contributed by atoms with Crippen LogP contribution in [0.15, 0.2) is 16.9 Å². The molecule has 1 aliphatic carbocycles. The standard InChI is InChI=1S/C16H26N4O/c1-14-6-7-16(21)20(17-14)13-10-18-8-11-19(12-9-18)15-4-2-3-5-15/h6-7,15H,2-5,8-13H2,1H3. The molecule has 0 spiro atoms. The Bertz CT molecular complexity index is 513. The van der Waals surface area contributed by atoms with E-state index < -0.39 is 0 Å². The zero-order valence-corrected chi connectivity index (χ0v) is 13.0. The second kappa shape index (κ2) is 6.71. The van der Waals surface area contributed by atoms with Crippen molar-refractivity contribution in [3.63, 3.8) is 0 Å². The molecule has 0 unspecified atom stereocenters. The van der Waals surface area contributed by atoms with Crippen molar-refractivity contribution in [1.82, 2.24) is 19.6 Å². The van der Waals surface area contributed by atoms with Gasteiger partial charge in [-0.2, -0.15) is 5.10 Å². The third-order valence-corrected chi connectivity index (χ3v) is 4.88. The van der Waals surface area contributed by atoms with Crippen molar-refractivity contribution in [2.24, 2.45) is 0 Å². The minimum atomic E-state index is 0.00481. The van der Waals surface area contributed by atoms with Crippen molar-refractivity contribution in [3.8, 4) is 0 Å². The van der Waals surface area contributed by atoms with E-state index in [-0.39, 0.29) is 5.56 Å². The summed E-state index contributed by atoms with van der Waals surface area (Å²) in [4.78, 5) is 16.9. The number of hydrogen-bond donors (Lipinski definition) is 0. The topological polar surface area (TPSA) is 41.4 Å². The molecule has 0 radical (unpaired) electrons. The molecule has 5 heteroatoms. The van der Waals surface area contributed by atoms with E-state index in [4.69, 9.17) is 0 Å². The number of piperazine rings is 1. The Labute approximate surface area is 126 Å². The van der Waals surface area contributed by atoms with Gasteiger partial charge in [-0.25, -0.2) is 4.68 Å². The smallest absolute Gasteiger partial charge is 0.266 e. The molecule has 1 aromatic rings. The van der Waals surface area contributed by atoms with Gasteiger partial charge < -0.3 is 0 Å². The summed E-state index contributed by atoms with van der Waals surface area (Å²) in [5, 5.41) is 4.30. The summed E-state index contributed by atoms with van der Waals surface area (Å²) in [6.07, 6.45) is 5.60. The monoisotopic (exact) mass is 290 g/mol. The van der Waals surface area contributed by atoms with Gasteiger partial charge in [-0.15, -0.1) is 0 Å². The number of rotatable bonds is 4. The van der Waals surface area contributed by atoms with E-state index in [0.29, 0.717) is 6.54 Å². The lowest BCUT2D eigenvalue weighted by molar-refractivity contribution is 0.0947. The predicted octanol–water partition coefficient (Wildman–Crippen LogP) is 1.11. The molecule has 0 N–H and O–H groups in total. The third-order valence-electron chi connectivity index (χ3n) is 4.88. The number of hydrogen-bond acceptors (Lipinski definition) is 4. The summed E-state index contributed by atoms with van der Waals surface area (Å²) in [5.74, 6) is 0. The van der Waals surface area contributed by atoms with Gasteiger partial charge in [0.25, 0.3) is 5.56 Å². The van der Waals surface area contributed by atoms with Crippen LogP contribution in [0, 0.1) is 6.92 Å². The van der Waals surface area contributed by atoms with Crippen molar-refractivity contribution < 1.29 is 0 Å². The molecule has 1 aliphatic heterocycles. The fourth-order valence-electron chi connectivity index (χ4n) is 3.57. The summed E-state index contributed by atoms with van der Waals surface area (Å²) < 4.78 is 1.60. The van der Waals surface area contributed by atoms with E-state index in [1.165, 1.54) is 38.8 Å². The molecule has 1 aromatic heterocycles. The molecule has 5 nitrogen and oxygen atoms in total. The molecule has 3 rings (SSSR count). The van der Waals surface area contributed by atoms with Gasteiger partial charge in [0.1, 0.15) is 0 Å². The fraction of sp³-hybridized carbons (Fsp3) is 0.750. The fourth-order valence-corrected chi connectivity index (χ4v) is 3.57. The van der Waals surface area contributed by atoms with Crippen molar-refractivity contribution >= 4 is 0 Å². The average molecular weight is 290 g/mol. The summed E-state index contributed by atoms with van der Waals surface area (Å²) in [6.45, 7) is 8.16.